The first-order chi connectivity index (χ1) is 10.2. The van der Waals surface area contributed by atoms with E-state index in [9.17, 15) is 0 Å². The minimum atomic E-state index is 0.259. The average Bonchev–Trinajstić information content (AvgIpc) is 3.03. The number of halogens is 1. The zero-order valence-electron chi connectivity index (χ0n) is 10.9. The summed E-state index contributed by atoms with van der Waals surface area (Å²) in [5.74, 6) is 1.90. The van der Waals surface area contributed by atoms with Crippen LogP contribution in [-0.4, -0.2) is 21.3 Å². The summed E-state index contributed by atoms with van der Waals surface area (Å²) in [5, 5.41) is 0.537. The van der Waals surface area contributed by atoms with E-state index in [1.807, 2.05) is 22.8 Å². The van der Waals surface area contributed by atoms with Gasteiger partial charge in [-0.05, 0) is 23.8 Å². The van der Waals surface area contributed by atoms with Crippen LogP contribution >= 0.6 is 11.6 Å². The maximum atomic E-state index is 5.98. The number of benzene rings is 1. The number of fused-ring (bicyclic) bond motifs is 2. The zero-order chi connectivity index (χ0) is 14.4. The van der Waals surface area contributed by atoms with Crippen molar-refractivity contribution in [1.29, 1.82) is 0 Å². The van der Waals surface area contributed by atoms with Crippen LogP contribution in [0.3, 0.4) is 0 Å². The van der Waals surface area contributed by atoms with Crippen molar-refractivity contribution in [2.75, 3.05) is 12.5 Å². The van der Waals surface area contributed by atoms with Gasteiger partial charge in [-0.15, -0.1) is 0 Å². The fourth-order valence-corrected chi connectivity index (χ4v) is 2.53. The molecule has 0 aliphatic carbocycles. The molecule has 0 radical (unpaired) electrons. The van der Waals surface area contributed by atoms with Crippen LogP contribution < -0.4 is 15.2 Å². The standard InChI is InChI=1S/C14H11ClN4O2/c15-9-4-10-13(17-5-9)19(14(16)18-10)6-8-1-2-11-12(3-8)21-7-20-11/h1-5H,6-7H2,(H2,16,18). The van der Waals surface area contributed by atoms with E-state index >= 15 is 0 Å². The minimum absolute atomic E-state index is 0.259. The number of ether oxygens (including phenoxy) is 2. The number of imidazole rings is 1. The Morgan fingerprint density at radius 3 is 3.00 bits per heavy atom. The third-order valence-corrected chi connectivity index (χ3v) is 3.57. The monoisotopic (exact) mass is 302 g/mol. The molecule has 0 saturated carbocycles. The second-order valence-corrected chi connectivity index (χ2v) is 5.18. The topological polar surface area (TPSA) is 75.2 Å². The SMILES string of the molecule is Nc1nc2cc(Cl)cnc2n1Cc1ccc2c(c1)OCO2. The molecule has 1 aliphatic rings. The van der Waals surface area contributed by atoms with Gasteiger partial charge >= 0.3 is 0 Å². The largest absolute Gasteiger partial charge is 0.454 e. The van der Waals surface area contributed by atoms with Crippen molar-refractivity contribution in [2.45, 2.75) is 6.54 Å². The summed E-state index contributed by atoms with van der Waals surface area (Å²) in [6, 6.07) is 7.53. The third-order valence-electron chi connectivity index (χ3n) is 3.36. The van der Waals surface area contributed by atoms with E-state index in [0.717, 1.165) is 17.1 Å². The fourth-order valence-electron chi connectivity index (χ4n) is 2.38. The molecule has 106 valence electrons. The summed E-state index contributed by atoms with van der Waals surface area (Å²) in [6.07, 6.45) is 1.58. The van der Waals surface area contributed by atoms with Crippen molar-refractivity contribution >= 4 is 28.7 Å². The summed E-state index contributed by atoms with van der Waals surface area (Å²) in [6.45, 7) is 0.808. The molecule has 1 aromatic carbocycles. The Hall–Kier alpha value is -2.47. The molecule has 0 bridgehead atoms. The number of rotatable bonds is 2. The van der Waals surface area contributed by atoms with Crippen LogP contribution in [0.25, 0.3) is 11.2 Å². The summed E-state index contributed by atoms with van der Waals surface area (Å²) in [7, 11) is 0. The summed E-state index contributed by atoms with van der Waals surface area (Å²) in [5.41, 5.74) is 8.39. The van der Waals surface area contributed by atoms with Gasteiger partial charge in [-0.1, -0.05) is 17.7 Å². The van der Waals surface area contributed by atoms with Crippen LogP contribution in [0.5, 0.6) is 11.5 Å². The molecule has 2 N–H and O–H groups in total. The van der Waals surface area contributed by atoms with Crippen LogP contribution in [0.1, 0.15) is 5.56 Å². The van der Waals surface area contributed by atoms with Crippen molar-refractivity contribution in [3.63, 3.8) is 0 Å². The Morgan fingerprint density at radius 1 is 1.24 bits per heavy atom. The molecule has 7 heteroatoms. The highest BCUT2D eigenvalue weighted by molar-refractivity contribution is 6.31. The quantitative estimate of drug-likeness (QED) is 0.787. The Morgan fingerprint density at radius 2 is 2.10 bits per heavy atom. The number of hydrogen-bond acceptors (Lipinski definition) is 5. The predicted octanol–water partition coefficient (Wildman–Crippen LogP) is 2.44. The van der Waals surface area contributed by atoms with Gasteiger partial charge in [0.1, 0.15) is 5.52 Å². The van der Waals surface area contributed by atoms with Crippen molar-refractivity contribution in [3.05, 3.63) is 41.0 Å². The van der Waals surface area contributed by atoms with Crippen molar-refractivity contribution < 1.29 is 9.47 Å². The van der Waals surface area contributed by atoms with Crippen LogP contribution in [0, 0.1) is 0 Å². The third kappa shape index (κ3) is 2.04. The lowest BCUT2D eigenvalue weighted by Gasteiger charge is -2.07. The van der Waals surface area contributed by atoms with Gasteiger partial charge in [0.05, 0.1) is 11.6 Å². The van der Waals surface area contributed by atoms with Crippen LogP contribution in [0.15, 0.2) is 30.5 Å². The van der Waals surface area contributed by atoms with Gasteiger partial charge in [-0.2, -0.15) is 0 Å². The molecule has 21 heavy (non-hydrogen) atoms. The van der Waals surface area contributed by atoms with Gasteiger partial charge in [0.25, 0.3) is 0 Å². The molecule has 0 amide bonds. The smallest absolute Gasteiger partial charge is 0.231 e. The van der Waals surface area contributed by atoms with Gasteiger partial charge in [0.2, 0.25) is 12.7 Å². The second kappa shape index (κ2) is 4.53. The molecule has 1 aliphatic heterocycles. The fraction of sp³-hybridized carbons (Fsp3) is 0.143. The lowest BCUT2D eigenvalue weighted by Crippen LogP contribution is -2.05. The maximum absolute atomic E-state index is 5.98. The maximum Gasteiger partial charge on any atom is 0.231 e. The Kier molecular flexibility index (Phi) is 2.65. The molecule has 0 fully saturated rings. The molecular weight excluding hydrogens is 292 g/mol. The number of nitrogens with two attached hydrogens (primary N) is 1. The second-order valence-electron chi connectivity index (χ2n) is 4.74. The molecule has 0 unspecified atom stereocenters. The van der Waals surface area contributed by atoms with E-state index in [-0.39, 0.29) is 6.79 Å². The lowest BCUT2D eigenvalue weighted by molar-refractivity contribution is 0.174. The van der Waals surface area contributed by atoms with Gasteiger partial charge in [0.15, 0.2) is 17.1 Å². The Bertz CT molecular complexity index is 846. The number of nitrogen functional groups attached to an aromatic ring is 1. The lowest BCUT2D eigenvalue weighted by atomic mass is 10.2. The number of pyridine rings is 1. The zero-order valence-corrected chi connectivity index (χ0v) is 11.7. The van der Waals surface area contributed by atoms with Crippen molar-refractivity contribution in [2.24, 2.45) is 0 Å². The van der Waals surface area contributed by atoms with E-state index in [1.54, 1.807) is 12.3 Å². The minimum Gasteiger partial charge on any atom is -0.454 e. The summed E-state index contributed by atoms with van der Waals surface area (Å²) < 4.78 is 12.5. The van der Waals surface area contributed by atoms with Crippen molar-refractivity contribution in [1.82, 2.24) is 14.5 Å². The van der Waals surface area contributed by atoms with Crippen molar-refractivity contribution in [3.8, 4) is 11.5 Å². The number of anilines is 1. The molecule has 4 rings (SSSR count). The van der Waals surface area contributed by atoms with E-state index in [4.69, 9.17) is 26.8 Å². The molecule has 6 nitrogen and oxygen atoms in total. The first-order valence-corrected chi connectivity index (χ1v) is 6.74. The van der Waals surface area contributed by atoms with E-state index in [2.05, 4.69) is 9.97 Å². The van der Waals surface area contributed by atoms with Crippen LogP contribution in [0.4, 0.5) is 5.95 Å². The van der Waals surface area contributed by atoms with E-state index < -0.39 is 0 Å². The first kappa shape index (κ1) is 12.3. The van der Waals surface area contributed by atoms with E-state index in [1.165, 1.54) is 0 Å². The van der Waals surface area contributed by atoms with Gasteiger partial charge < -0.3 is 15.2 Å². The molecule has 0 atom stereocenters. The molecular formula is C14H11ClN4O2. The number of nitrogens with zero attached hydrogens (tertiary/aromatic N) is 3. The number of aromatic nitrogens is 3. The Labute approximate surface area is 125 Å². The molecule has 0 spiro atoms. The predicted molar refractivity (Wildman–Crippen MR) is 78.6 cm³/mol. The molecule has 0 saturated heterocycles. The average molecular weight is 303 g/mol. The van der Waals surface area contributed by atoms with E-state index in [0.29, 0.717) is 28.7 Å². The summed E-state index contributed by atoms with van der Waals surface area (Å²) >= 11 is 5.92. The highest BCUT2D eigenvalue weighted by Crippen LogP contribution is 2.33. The van der Waals surface area contributed by atoms with Gasteiger partial charge in [-0.3, -0.25) is 4.57 Å². The Balaban J connectivity index is 1.75. The van der Waals surface area contributed by atoms with Crippen LogP contribution in [-0.2, 0) is 6.54 Å². The summed E-state index contributed by atoms with van der Waals surface area (Å²) in [4.78, 5) is 8.58. The number of hydrogen-bond donors (Lipinski definition) is 1. The first-order valence-electron chi connectivity index (χ1n) is 6.36. The highest BCUT2D eigenvalue weighted by atomic mass is 35.5. The highest BCUT2D eigenvalue weighted by Gasteiger charge is 2.15. The molecule has 3 heterocycles. The normalized spacial score (nSPS) is 13.0. The molecule has 2 aromatic heterocycles. The van der Waals surface area contributed by atoms with Crippen LogP contribution in [0.2, 0.25) is 5.02 Å². The molecule has 3 aromatic rings. The van der Waals surface area contributed by atoms with Gasteiger partial charge in [0, 0.05) is 6.20 Å². The van der Waals surface area contributed by atoms with Gasteiger partial charge in [-0.25, -0.2) is 9.97 Å².